The monoisotopic (exact) mass is 533 g/mol. The summed E-state index contributed by atoms with van der Waals surface area (Å²) in [7, 11) is 1.60. The lowest BCUT2D eigenvalue weighted by atomic mass is 9.68. The molecule has 1 unspecified atom stereocenters. The maximum atomic E-state index is 14.8. The van der Waals surface area contributed by atoms with Crippen molar-refractivity contribution in [2.24, 2.45) is 5.92 Å². The summed E-state index contributed by atoms with van der Waals surface area (Å²) >= 11 is 0. The second-order valence-electron chi connectivity index (χ2n) is 11.4. The van der Waals surface area contributed by atoms with Gasteiger partial charge in [0.2, 0.25) is 11.8 Å². The minimum Gasteiger partial charge on any atom is -0.497 e. The number of fused-ring (bicyclic) bond motifs is 4. The van der Waals surface area contributed by atoms with E-state index in [0.717, 1.165) is 54.3 Å². The molecule has 1 atom stereocenters. The van der Waals surface area contributed by atoms with Gasteiger partial charge in [-0.25, -0.2) is 4.39 Å². The van der Waals surface area contributed by atoms with Crippen LogP contribution in [0.2, 0.25) is 0 Å². The lowest BCUT2D eigenvalue weighted by Crippen LogP contribution is -2.55. The summed E-state index contributed by atoms with van der Waals surface area (Å²) in [6.07, 6.45) is 4.57. The molecule has 0 radical (unpaired) electrons. The van der Waals surface area contributed by atoms with Crippen LogP contribution in [0.25, 0.3) is 10.9 Å². The number of amides is 1. The minimum atomic E-state index is -0.484. The number of piperidine rings is 1. The Balaban J connectivity index is 1.49. The molecule has 1 aromatic heterocycles. The summed E-state index contributed by atoms with van der Waals surface area (Å²) in [4.78, 5) is 30.4. The largest absolute Gasteiger partial charge is 0.497 e. The molecule has 1 amide bonds. The van der Waals surface area contributed by atoms with Crippen LogP contribution in [0.4, 0.5) is 4.39 Å². The predicted octanol–water partition coefficient (Wildman–Crippen LogP) is 4.66. The molecule has 2 aromatic carbocycles. The fourth-order valence-corrected chi connectivity index (χ4v) is 7.07. The van der Waals surface area contributed by atoms with Crippen LogP contribution in [0.1, 0.15) is 66.7 Å². The molecular formula is C31H36FN3O4. The summed E-state index contributed by atoms with van der Waals surface area (Å²) in [5.41, 5.74) is 2.81. The van der Waals surface area contributed by atoms with Crippen molar-refractivity contribution in [2.45, 2.75) is 57.0 Å². The number of benzene rings is 2. The first-order valence-corrected chi connectivity index (χ1v) is 14.0. The van der Waals surface area contributed by atoms with Gasteiger partial charge < -0.3 is 14.7 Å². The SMILES string of the molecule is COc1ccc2c3c(n(C(C)=O)c2c1)C(CO)N(Cc1ccccc1F)CC31CCN(C(=O)C2CCC2)CC1. The Bertz CT molecular complexity index is 1420. The zero-order valence-electron chi connectivity index (χ0n) is 22.7. The van der Waals surface area contributed by atoms with Crippen LogP contribution in [0.15, 0.2) is 42.5 Å². The van der Waals surface area contributed by atoms with Gasteiger partial charge in [-0.05, 0) is 49.4 Å². The second-order valence-corrected chi connectivity index (χ2v) is 11.4. The number of ether oxygens (including phenoxy) is 1. The van der Waals surface area contributed by atoms with Gasteiger partial charge in [0.15, 0.2) is 0 Å². The van der Waals surface area contributed by atoms with E-state index in [4.69, 9.17) is 4.74 Å². The Morgan fingerprint density at radius 2 is 1.87 bits per heavy atom. The van der Waals surface area contributed by atoms with Gasteiger partial charge in [0.05, 0.1) is 31.0 Å². The Hall–Kier alpha value is -3.23. The Morgan fingerprint density at radius 3 is 2.49 bits per heavy atom. The fraction of sp³-hybridized carbons (Fsp3) is 0.484. The van der Waals surface area contributed by atoms with Gasteiger partial charge in [0.1, 0.15) is 11.6 Å². The highest BCUT2D eigenvalue weighted by molar-refractivity contribution is 5.97. The van der Waals surface area contributed by atoms with Gasteiger partial charge >= 0.3 is 0 Å². The van der Waals surface area contributed by atoms with E-state index in [2.05, 4.69) is 4.90 Å². The van der Waals surface area contributed by atoms with E-state index in [1.807, 2.05) is 29.2 Å². The lowest BCUT2D eigenvalue weighted by Gasteiger charge is -2.51. The average molecular weight is 534 g/mol. The number of likely N-dealkylation sites (tertiary alicyclic amines) is 1. The van der Waals surface area contributed by atoms with E-state index in [1.54, 1.807) is 23.8 Å². The Kier molecular flexibility index (Phi) is 6.71. The molecule has 2 fully saturated rings. The molecule has 3 aliphatic rings. The molecule has 2 aliphatic heterocycles. The first-order valence-electron chi connectivity index (χ1n) is 14.0. The summed E-state index contributed by atoms with van der Waals surface area (Å²) < 4.78 is 22.0. The van der Waals surface area contributed by atoms with Gasteiger partial charge in [-0.3, -0.25) is 19.1 Å². The van der Waals surface area contributed by atoms with E-state index in [1.165, 1.54) is 13.0 Å². The summed E-state index contributed by atoms with van der Waals surface area (Å²) in [5.74, 6) is 0.641. The maximum Gasteiger partial charge on any atom is 0.228 e. The van der Waals surface area contributed by atoms with Crippen molar-refractivity contribution in [2.75, 3.05) is 33.4 Å². The molecule has 1 aliphatic carbocycles. The van der Waals surface area contributed by atoms with Crippen LogP contribution in [0.5, 0.6) is 5.75 Å². The molecule has 6 rings (SSSR count). The van der Waals surface area contributed by atoms with Crippen LogP contribution in [-0.4, -0.2) is 64.6 Å². The van der Waals surface area contributed by atoms with Crippen molar-refractivity contribution >= 4 is 22.7 Å². The molecule has 1 saturated heterocycles. The topological polar surface area (TPSA) is 75.0 Å². The number of aliphatic hydroxyl groups is 1. The van der Waals surface area contributed by atoms with Crippen molar-refractivity contribution < 1.29 is 23.8 Å². The molecule has 1 spiro atoms. The van der Waals surface area contributed by atoms with E-state index < -0.39 is 6.04 Å². The summed E-state index contributed by atoms with van der Waals surface area (Å²) in [6, 6.07) is 12.1. The number of nitrogens with zero attached hydrogens (tertiary/aromatic N) is 3. The van der Waals surface area contributed by atoms with Gasteiger partial charge in [-0.15, -0.1) is 0 Å². The molecule has 7 nitrogen and oxygen atoms in total. The molecular weight excluding hydrogens is 497 g/mol. The Labute approximate surface area is 228 Å². The zero-order valence-corrected chi connectivity index (χ0v) is 22.7. The summed E-state index contributed by atoms with van der Waals surface area (Å²) in [6.45, 7) is 3.55. The first-order chi connectivity index (χ1) is 18.9. The van der Waals surface area contributed by atoms with Gasteiger partial charge in [0.25, 0.3) is 0 Å². The third-order valence-corrected chi connectivity index (χ3v) is 9.31. The van der Waals surface area contributed by atoms with E-state index in [9.17, 15) is 19.1 Å². The minimum absolute atomic E-state index is 0.145. The number of carbonyl (C=O) groups excluding carboxylic acids is 2. The maximum absolute atomic E-state index is 14.8. The standard InChI is InChI=1S/C31H36FN3O4/c1-20(37)35-26-16-23(39-2)10-11-24(26)28-29(35)27(18-36)34(17-22-6-3-4-9-25(22)32)19-31(28)12-14-33(15-13-31)30(38)21-7-5-8-21/h3-4,6,9-11,16,21,27,36H,5,7-8,12-15,17-19H2,1-2H3. The number of hydrogen-bond acceptors (Lipinski definition) is 5. The van der Waals surface area contributed by atoms with Gasteiger partial charge in [0, 0.05) is 61.5 Å². The third kappa shape index (κ3) is 4.25. The normalized spacial score (nSPS) is 21.1. The highest BCUT2D eigenvalue weighted by Gasteiger charge is 2.49. The highest BCUT2D eigenvalue weighted by Crippen LogP contribution is 2.51. The average Bonchev–Trinajstić information content (AvgIpc) is 3.25. The van der Waals surface area contributed by atoms with E-state index >= 15 is 0 Å². The molecule has 1 saturated carbocycles. The van der Waals surface area contributed by atoms with Crippen molar-refractivity contribution in [1.82, 2.24) is 14.4 Å². The number of aliphatic hydroxyl groups excluding tert-OH is 1. The number of aromatic nitrogens is 1. The van der Waals surface area contributed by atoms with Crippen molar-refractivity contribution in [3.8, 4) is 5.75 Å². The molecule has 206 valence electrons. The second kappa shape index (κ2) is 10.1. The molecule has 0 bridgehead atoms. The number of hydrogen-bond donors (Lipinski definition) is 1. The molecule has 1 N–H and O–H groups in total. The van der Waals surface area contributed by atoms with Crippen LogP contribution >= 0.6 is 0 Å². The van der Waals surface area contributed by atoms with Gasteiger partial charge in [-0.1, -0.05) is 24.6 Å². The van der Waals surface area contributed by atoms with Crippen LogP contribution in [0.3, 0.4) is 0 Å². The number of carbonyl (C=O) groups is 2. The molecule has 3 aromatic rings. The Morgan fingerprint density at radius 1 is 1.13 bits per heavy atom. The third-order valence-electron chi connectivity index (χ3n) is 9.31. The zero-order chi connectivity index (χ0) is 27.3. The fourth-order valence-electron chi connectivity index (χ4n) is 7.07. The van der Waals surface area contributed by atoms with E-state index in [-0.39, 0.29) is 35.6 Å². The quantitative estimate of drug-likeness (QED) is 0.517. The predicted molar refractivity (Wildman–Crippen MR) is 146 cm³/mol. The molecule has 39 heavy (non-hydrogen) atoms. The first kappa shape index (κ1) is 26.0. The number of methoxy groups -OCH3 is 1. The highest BCUT2D eigenvalue weighted by atomic mass is 19.1. The summed E-state index contributed by atoms with van der Waals surface area (Å²) in [5, 5.41) is 11.7. The van der Waals surface area contributed by atoms with Gasteiger partial charge in [-0.2, -0.15) is 0 Å². The van der Waals surface area contributed by atoms with E-state index in [0.29, 0.717) is 37.5 Å². The smallest absolute Gasteiger partial charge is 0.228 e. The van der Waals surface area contributed by atoms with Crippen molar-refractivity contribution in [3.63, 3.8) is 0 Å². The van der Waals surface area contributed by atoms with Crippen molar-refractivity contribution in [1.29, 1.82) is 0 Å². The molecule has 3 heterocycles. The lowest BCUT2D eigenvalue weighted by molar-refractivity contribution is -0.140. The van der Waals surface area contributed by atoms with Crippen LogP contribution in [-0.2, 0) is 16.8 Å². The number of halogens is 1. The van der Waals surface area contributed by atoms with Crippen LogP contribution in [0, 0.1) is 11.7 Å². The van der Waals surface area contributed by atoms with Crippen LogP contribution < -0.4 is 4.74 Å². The van der Waals surface area contributed by atoms with Crippen molar-refractivity contribution in [3.05, 3.63) is 65.1 Å². The number of rotatable bonds is 5. The molecule has 8 heteroatoms.